The molecule has 3 rings (SSSR count). The molecule has 3 heterocycles. The molecule has 2 aromatic heterocycles. The Hall–Kier alpha value is -1.18. The van der Waals surface area contributed by atoms with E-state index in [1.165, 1.54) is 0 Å². The highest BCUT2D eigenvalue weighted by Crippen LogP contribution is 2.25. The highest BCUT2D eigenvalue weighted by Gasteiger charge is 2.25. The standard InChI is InChI=1S/C14H18BrN3O3/c1-14(19)5-2-7-18(8-6-14)9-12-16-17-13(21-12)10-3-4-11(15)20-10/h3-4,19H,2,5-9H2,1H3. The van der Waals surface area contributed by atoms with Gasteiger partial charge in [-0.05, 0) is 60.8 Å². The predicted octanol–water partition coefficient (Wildman–Crippen LogP) is 2.83. The molecule has 1 atom stereocenters. The quantitative estimate of drug-likeness (QED) is 0.912. The maximum absolute atomic E-state index is 10.1. The third kappa shape index (κ3) is 3.72. The molecule has 0 aliphatic carbocycles. The Balaban J connectivity index is 1.64. The van der Waals surface area contributed by atoms with Crippen molar-refractivity contribution in [1.29, 1.82) is 0 Å². The van der Waals surface area contributed by atoms with Crippen LogP contribution < -0.4 is 0 Å². The zero-order valence-electron chi connectivity index (χ0n) is 11.9. The van der Waals surface area contributed by atoms with Crippen molar-refractivity contribution in [2.24, 2.45) is 0 Å². The van der Waals surface area contributed by atoms with Crippen LogP contribution in [-0.4, -0.2) is 38.9 Å². The fourth-order valence-electron chi connectivity index (χ4n) is 2.51. The van der Waals surface area contributed by atoms with Crippen molar-refractivity contribution in [1.82, 2.24) is 15.1 Å². The molecule has 1 fully saturated rings. The van der Waals surface area contributed by atoms with Gasteiger partial charge >= 0.3 is 0 Å². The summed E-state index contributed by atoms with van der Waals surface area (Å²) in [6.07, 6.45) is 2.57. The molecule has 1 unspecified atom stereocenters. The second kappa shape index (κ2) is 5.90. The molecule has 0 aromatic carbocycles. The van der Waals surface area contributed by atoms with E-state index in [0.29, 0.717) is 28.8 Å². The van der Waals surface area contributed by atoms with Gasteiger partial charge in [0.1, 0.15) is 0 Å². The van der Waals surface area contributed by atoms with E-state index >= 15 is 0 Å². The number of aliphatic hydroxyl groups is 1. The van der Waals surface area contributed by atoms with E-state index < -0.39 is 5.60 Å². The predicted molar refractivity (Wildman–Crippen MR) is 79.5 cm³/mol. The summed E-state index contributed by atoms with van der Waals surface area (Å²) in [5.74, 6) is 1.51. The van der Waals surface area contributed by atoms with Gasteiger partial charge in [-0.25, -0.2) is 0 Å². The first kappa shape index (κ1) is 14.7. The largest absolute Gasteiger partial charge is 0.444 e. The minimum Gasteiger partial charge on any atom is -0.444 e. The normalized spacial score (nSPS) is 24.1. The van der Waals surface area contributed by atoms with Crippen LogP contribution in [0.4, 0.5) is 0 Å². The maximum atomic E-state index is 10.1. The van der Waals surface area contributed by atoms with Crippen LogP contribution in [0.2, 0.25) is 0 Å². The highest BCUT2D eigenvalue weighted by molar-refractivity contribution is 9.10. The van der Waals surface area contributed by atoms with E-state index in [-0.39, 0.29) is 0 Å². The van der Waals surface area contributed by atoms with Crippen LogP contribution in [0.25, 0.3) is 11.7 Å². The SMILES string of the molecule is CC1(O)CCCN(Cc2nnc(-c3ccc(Br)o3)o2)CC1. The van der Waals surface area contributed by atoms with Crippen molar-refractivity contribution in [2.45, 2.75) is 38.3 Å². The summed E-state index contributed by atoms with van der Waals surface area (Å²) in [6, 6.07) is 3.57. The van der Waals surface area contributed by atoms with E-state index in [9.17, 15) is 5.11 Å². The zero-order chi connectivity index (χ0) is 14.9. The van der Waals surface area contributed by atoms with Crippen LogP contribution in [0.15, 0.2) is 25.6 Å². The lowest BCUT2D eigenvalue weighted by Crippen LogP contribution is -2.28. The van der Waals surface area contributed by atoms with E-state index in [0.717, 1.165) is 32.4 Å². The van der Waals surface area contributed by atoms with Gasteiger partial charge in [-0.15, -0.1) is 10.2 Å². The fourth-order valence-corrected chi connectivity index (χ4v) is 2.82. The Bertz CT molecular complexity index is 608. The van der Waals surface area contributed by atoms with E-state index in [4.69, 9.17) is 8.83 Å². The molecule has 1 saturated heterocycles. The average molecular weight is 356 g/mol. The zero-order valence-corrected chi connectivity index (χ0v) is 13.5. The fraction of sp³-hybridized carbons (Fsp3) is 0.571. The van der Waals surface area contributed by atoms with Gasteiger partial charge in [0.2, 0.25) is 5.89 Å². The summed E-state index contributed by atoms with van der Waals surface area (Å²) in [5.41, 5.74) is -0.560. The van der Waals surface area contributed by atoms with Crippen molar-refractivity contribution in [3.8, 4) is 11.7 Å². The summed E-state index contributed by atoms with van der Waals surface area (Å²) >= 11 is 3.25. The van der Waals surface area contributed by atoms with Gasteiger partial charge in [0.05, 0.1) is 12.1 Å². The monoisotopic (exact) mass is 355 g/mol. The van der Waals surface area contributed by atoms with Crippen molar-refractivity contribution < 1.29 is 13.9 Å². The number of aromatic nitrogens is 2. The number of halogens is 1. The van der Waals surface area contributed by atoms with Crippen LogP contribution in [0.1, 0.15) is 32.1 Å². The number of nitrogens with zero attached hydrogens (tertiary/aromatic N) is 3. The first-order chi connectivity index (χ1) is 10.0. The second-order valence-electron chi connectivity index (χ2n) is 5.73. The first-order valence-corrected chi connectivity index (χ1v) is 7.84. The number of hydrogen-bond donors (Lipinski definition) is 1. The summed E-state index contributed by atoms with van der Waals surface area (Å²) in [5, 5.41) is 18.2. The van der Waals surface area contributed by atoms with Gasteiger partial charge in [-0.1, -0.05) is 0 Å². The topological polar surface area (TPSA) is 75.5 Å². The van der Waals surface area contributed by atoms with Crippen molar-refractivity contribution in [2.75, 3.05) is 13.1 Å². The number of rotatable bonds is 3. The minimum absolute atomic E-state index is 0.387. The molecule has 1 aliphatic rings. The van der Waals surface area contributed by atoms with Crippen LogP contribution in [-0.2, 0) is 6.54 Å². The van der Waals surface area contributed by atoms with Crippen molar-refractivity contribution in [3.05, 3.63) is 22.7 Å². The second-order valence-corrected chi connectivity index (χ2v) is 6.51. The lowest BCUT2D eigenvalue weighted by molar-refractivity contribution is 0.0441. The Morgan fingerprint density at radius 3 is 2.90 bits per heavy atom. The molecule has 0 saturated carbocycles. The summed E-state index contributed by atoms with van der Waals surface area (Å²) in [7, 11) is 0. The molecule has 1 aliphatic heterocycles. The molecule has 0 spiro atoms. The van der Waals surface area contributed by atoms with E-state index in [1.807, 2.05) is 6.92 Å². The lowest BCUT2D eigenvalue weighted by atomic mass is 9.98. The summed E-state index contributed by atoms with van der Waals surface area (Å²) in [4.78, 5) is 2.23. The number of likely N-dealkylation sites (tertiary alicyclic amines) is 1. The molecule has 6 nitrogen and oxygen atoms in total. The third-order valence-electron chi connectivity index (χ3n) is 3.77. The van der Waals surface area contributed by atoms with Gasteiger partial charge in [0.25, 0.3) is 5.89 Å². The first-order valence-electron chi connectivity index (χ1n) is 7.05. The smallest absolute Gasteiger partial charge is 0.283 e. The lowest BCUT2D eigenvalue weighted by Gasteiger charge is -2.21. The van der Waals surface area contributed by atoms with E-state index in [1.54, 1.807) is 12.1 Å². The van der Waals surface area contributed by atoms with Gasteiger partial charge in [-0.3, -0.25) is 4.90 Å². The van der Waals surface area contributed by atoms with Gasteiger partial charge in [0.15, 0.2) is 10.4 Å². The highest BCUT2D eigenvalue weighted by atomic mass is 79.9. The van der Waals surface area contributed by atoms with Gasteiger partial charge in [-0.2, -0.15) is 0 Å². The molecule has 0 bridgehead atoms. The minimum atomic E-state index is -0.560. The Morgan fingerprint density at radius 1 is 1.29 bits per heavy atom. The molecular formula is C14H18BrN3O3. The molecule has 0 amide bonds. The third-order valence-corrected chi connectivity index (χ3v) is 4.19. The Labute approximate surface area is 131 Å². The molecular weight excluding hydrogens is 338 g/mol. The van der Waals surface area contributed by atoms with Gasteiger partial charge < -0.3 is 13.9 Å². The van der Waals surface area contributed by atoms with Gasteiger partial charge in [0, 0.05) is 6.54 Å². The van der Waals surface area contributed by atoms with Crippen molar-refractivity contribution >= 4 is 15.9 Å². The molecule has 114 valence electrons. The van der Waals surface area contributed by atoms with Crippen LogP contribution in [0.5, 0.6) is 0 Å². The molecule has 0 radical (unpaired) electrons. The van der Waals surface area contributed by atoms with Crippen LogP contribution >= 0.6 is 15.9 Å². The maximum Gasteiger partial charge on any atom is 0.283 e. The Kier molecular flexibility index (Phi) is 4.14. The molecule has 7 heteroatoms. The molecule has 2 aromatic rings. The molecule has 1 N–H and O–H groups in total. The average Bonchev–Trinajstić information content (AvgIpc) is 3.00. The summed E-state index contributed by atoms with van der Waals surface area (Å²) in [6.45, 7) is 4.26. The number of furan rings is 1. The van der Waals surface area contributed by atoms with E-state index in [2.05, 4.69) is 31.0 Å². The van der Waals surface area contributed by atoms with Crippen LogP contribution in [0, 0.1) is 0 Å². The molecule has 21 heavy (non-hydrogen) atoms. The Morgan fingerprint density at radius 2 is 2.14 bits per heavy atom. The number of hydrogen-bond acceptors (Lipinski definition) is 6. The summed E-state index contributed by atoms with van der Waals surface area (Å²) < 4.78 is 11.7. The van der Waals surface area contributed by atoms with Crippen molar-refractivity contribution in [3.63, 3.8) is 0 Å². The van der Waals surface area contributed by atoms with Crippen LogP contribution in [0.3, 0.4) is 0 Å².